The third-order valence-electron chi connectivity index (χ3n) is 7.30. The molecule has 0 bridgehead atoms. The zero-order valence-electron chi connectivity index (χ0n) is 22.3. The summed E-state index contributed by atoms with van der Waals surface area (Å²) in [7, 11) is -4.26. The SMILES string of the molecule is O=S(=O)(N[C@H]1CN(c2ccc(Cl)cc2)C[C@@H](N2c3ccccc3Sc3ccccc32)[C@@H]1O)c1ccc(OC(F)(F)F)cc1. The van der Waals surface area contributed by atoms with Gasteiger partial charge in [-0.15, -0.1) is 13.2 Å². The summed E-state index contributed by atoms with van der Waals surface area (Å²) in [6.45, 7) is 0.484. The number of aliphatic hydroxyl groups excluding tert-OH is 1. The molecule has 2 N–H and O–H groups in total. The van der Waals surface area contributed by atoms with Crippen molar-refractivity contribution in [2.75, 3.05) is 22.9 Å². The Morgan fingerprint density at radius 1 is 0.860 bits per heavy atom. The van der Waals surface area contributed by atoms with E-state index in [1.807, 2.05) is 65.6 Å². The van der Waals surface area contributed by atoms with Crippen LogP contribution in [0.1, 0.15) is 0 Å². The summed E-state index contributed by atoms with van der Waals surface area (Å²) >= 11 is 7.75. The predicted molar refractivity (Wildman–Crippen MR) is 160 cm³/mol. The summed E-state index contributed by atoms with van der Waals surface area (Å²) in [5, 5.41) is 12.4. The molecule has 0 amide bonds. The van der Waals surface area contributed by atoms with Crippen molar-refractivity contribution in [2.45, 2.75) is 39.2 Å². The molecule has 0 radical (unpaired) electrons. The van der Waals surface area contributed by atoms with Gasteiger partial charge in [-0.1, -0.05) is 47.6 Å². The lowest BCUT2D eigenvalue weighted by atomic mass is 9.94. The first kappa shape index (κ1) is 29.6. The average Bonchev–Trinajstić information content (AvgIpc) is 2.97. The summed E-state index contributed by atoms with van der Waals surface area (Å²) in [5.74, 6) is -0.543. The summed E-state index contributed by atoms with van der Waals surface area (Å²) in [5.41, 5.74) is 2.55. The Morgan fingerprint density at radius 3 is 2.02 bits per heavy atom. The molecular weight excluding hydrogens is 623 g/mol. The van der Waals surface area contributed by atoms with Crippen molar-refractivity contribution in [1.82, 2.24) is 4.72 Å². The minimum Gasteiger partial charge on any atom is -0.406 e. The van der Waals surface area contributed by atoms with Crippen LogP contribution in [0.4, 0.5) is 30.2 Å². The van der Waals surface area contributed by atoms with Crippen molar-refractivity contribution in [3.05, 3.63) is 102 Å². The van der Waals surface area contributed by atoms with E-state index in [2.05, 4.69) is 14.4 Å². The molecule has 13 heteroatoms. The Labute approximate surface area is 255 Å². The molecule has 2 aliphatic heterocycles. The lowest BCUT2D eigenvalue weighted by Gasteiger charge is -2.49. The van der Waals surface area contributed by atoms with Gasteiger partial charge in [0.15, 0.2) is 0 Å². The maximum absolute atomic E-state index is 13.5. The Bertz CT molecular complexity index is 1680. The van der Waals surface area contributed by atoms with E-state index in [1.165, 1.54) is 0 Å². The number of fused-ring (bicyclic) bond motifs is 2. The molecule has 0 unspecified atom stereocenters. The fourth-order valence-electron chi connectivity index (χ4n) is 5.40. The predicted octanol–water partition coefficient (Wildman–Crippen LogP) is 6.44. The Hall–Kier alpha value is -3.42. The molecule has 4 aromatic rings. The lowest BCUT2D eigenvalue weighted by Crippen LogP contribution is -2.65. The second-order valence-corrected chi connectivity index (χ2v) is 13.3. The van der Waals surface area contributed by atoms with Gasteiger partial charge in [-0.3, -0.25) is 0 Å². The summed E-state index contributed by atoms with van der Waals surface area (Å²) in [6.07, 6.45) is -6.08. The normalized spacial score (nSPS) is 20.3. The fraction of sp³-hybridized carbons (Fsp3) is 0.200. The van der Waals surface area contributed by atoms with Crippen LogP contribution < -0.4 is 19.3 Å². The van der Waals surface area contributed by atoms with Crippen LogP contribution in [0.15, 0.2) is 112 Å². The summed E-state index contributed by atoms with van der Waals surface area (Å²) < 4.78 is 71.2. The molecule has 0 saturated carbocycles. The monoisotopic (exact) mass is 647 g/mol. The largest absolute Gasteiger partial charge is 0.573 e. The van der Waals surface area contributed by atoms with Gasteiger partial charge in [0, 0.05) is 33.6 Å². The van der Waals surface area contributed by atoms with Crippen LogP contribution in [-0.2, 0) is 10.0 Å². The number of hydrogen-bond donors (Lipinski definition) is 2. The highest BCUT2D eigenvalue weighted by Crippen LogP contribution is 2.49. The maximum Gasteiger partial charge on any atom is 0.573 e. The number of piperidine rings is 1. The van der Waals surface area contributed by atoms with E-state index in [-0.39, 0.29) is 11.4 Å². The van der Waals surface area contributed by atoms with Crippen LogP contribution in [0.25, 0.3) is 0 Å². The summed E-state index contributed by atoms with van der Waals surface area (Å²) in [4.78, 5) is 5.76. The van der Waals surface area contributed by atoms with Gasteiger partial charge in [-0.05, 0) is 72.8 Å². The Balaban J connectivity index is 1.36. The first-order chi connectivity index (χ1) is 20.5. The standard InChI is InChI=1S/C30H25ClF3N3O4S2/c31-19-9-11-20(12-10-19)36-17-23(35-43(39,40)22-15-13-21(14-16-22)41-30(32,33)34)29(38)26(18-36)37-24-5-1-3-7-27(24)42-28-8-4-2-6-25(28)37/h1-16,23,26,29,35,38H,17-18H2/t23-,26+,29+/m0/s1. The molecule has 2 heterocycles. The molecule has 7 nitrogen and oxygen atoms in total. The van der Waals surface area contributed by atoms with E-state index in [0.29, 0.717) is 11.6 Å². The van der Waals surface area contributed by atoms with Gasteiger partial charge < -0.3 is 19.6 Å². The van der Waals surface area contributed by atoms with E-state index in [1.54, 1.807) is 23.9 Å². The number of ether oxygens (including phenoxy) is 1. The number of nitrogens with zero attached hydrogens (tertiary/aromatic N) is 2. The molecule has 1 fully saturated rings. The Morgan fingerprint density at radius 2 is 1.44 bits per heavy atom. The molecule has 3 atom stereocenters. The topological polar surface area (TPSA) is 82.1 Å². The highest BCUT2D eigenvalue weighted by Gasteiger charge is 2.43. The van der Waals surface area contributed by atoms with Gasteiger partial charge in [0.2, 0.25) is 10.0 Å². The second-order valence-electron chi connectivity index (χ2n) is 10.1. The van der Waals surface area contributed by atoms with Crippen molar-refractivity contribution >= 4 is 50.4 Å². The smallest absolute Gasteiger partial charge is 0.406 e. The van der Waals surface area contributed by atoms with Crippen LogP contribution in [0.2, 0.25) is 5.02 Å². The second kappa shape index (κ2) is 11.6. The zero-order valence-corrected chi connectivity index (χ0v) is 24.7. The first-order valence-electron chi connectivity index (χ1n) is 13.2. The van der Waals surface area contributed by atoms with Crippen LogP contribution in [0.5, 0.6) is 5.75 Å². The van der Waals surface area contributed by atoms with Gasteiger partial charge in [-0.25, -0.2) is 13.1 Å². The van der Waals surface area contributed by atoms with Crippen molar-refractivity contribution in [2.24, 2.45) is 0 Å². The number of rotatable bonds is 6. The average molecular weight is 648 g/mol. The number of sulfonamides is 1. The van der Waals surface area contributed by atoms with Gasteiger partial charge >= 0.3 is 6.36 Å². The molecule has 4 aromatic carbocycles. The van der Waals surface area contributed by atoms with Gasteiger partial charge in [-0.2, -0.15) is 0 Å². The van der Waals surface area contributed by atoms with Crippen LogP contribution in [-0.4, -0.2) is 51.2 Å². The van der Waals surface area contributed by atoms with Crippen LogP contribution >= 0.6 is 23.4 Å². The number of para-hydroxylation sites is 2. The molecule has 43 heavy (non-hydrogen) atoms. The minimum absolute atomic E-state index is 0.125. The fourth-order valence-corrected chi connectivity index (χ4v) is 7.85. The van der Waals surface area contributed by atoms with Crippen molar-refractivity contribution in [1.29, 1.82) is 0 Å². The number of anilines is 3. The first-order valence-corrected chi connectivity index (χ1v) is 15.9. The van der Waals surface area contributed by atoms with E-state index in [4.69, 9.17) is 11.6 Å². The summed E-state index contributed by atoms with van der Waals surface area (Å²) in [6, 6.07) is 25.1. The molecule has 224 valence electrons. The van der Waals surface area contributed by atoms with Gasteiger partial charge in [0.1, 0.15) is 5.75 Å². The lowest BCUT2D eigenvalue weighted by molar-refractivity contribution is -0.274. The number of aliphatic hydroxyl groups is 1. The number of nitrogens with one attached hydrogen (secondary N) is 1. The molecule has 0 spiro atoms. The third-order valence-corrected chi connectivity index (χ3v) is 10.2. The van der Waals surface area contributed by atoms with E-state index in [0.717, 1.165) is 51.1 Å². The number of hydrogen-bond acceptors (Lipinski definition) is 7. The molecule has 6 rings (SSSR count). The number of halogens is 4. The number of alkyl halides is 3. The van der Waals surface area contributed by atoms with Crippen LogP contribution in [0, 0.1) is 0 Å². The minimum atomic E-state index is -4.91. The molecule has 2 aliphatic rings. The van der Waals surface area contributed by atoms with Crippen molar-refractivity contribution in [3.8, 4) is 5.75 Å². The van der Waals surface area contributed by atoms with Gasteiger partial charge in [0.25, 0.3) is 0 Å². The van der Waals surface area contributed by atoms with Gasteiger partial charge in [0.05, 0.1) is 34.5 Å². The molecule has 0 aromatic heterocycles. The van der Waals surface area contributed by atoms with Crippen molar-refractivity contribution < 1.29 is 31.4 Å². The van der Waals surface area contributed by atoms with E-state index < -0.39 is 40.3 Å². The number of benzene rings is 4. The molecule has 1 saturated heterocycles. The highest BCUT2D eigenvalue weighted by molar-refractivity contribution is 7.99. The zero-order chi connectivity index (χ0) is 30.4. The quantitative estimate of drug-likeness (QED) is 0.249. The molecular formula is C30H25ClF3N3O4S2. The Kier molecular flexibility index (Phi) is 7.99. The van der Waals surface area contributed by atoms with Crippen molar-refractivity contribution in [3.63, 3.8) is 0 Å². The van der Waals surface area contributed by atoms with E-state index in [9.17, 15) is 26.7 Å². The molecule has 0 aliphatic carbocycles. The van der Waals surface area contributed by atoms with Crippen LogP contribution in [0.3, 0.4) is 0 Å². The maximum atomic E-state index is 13.5. The third kappa shape index (κ3) is 6.29. The highest BCUT2D eigenvalue weighted by atomic mass is 35.5. The van der Waals surface area contributed by atoms with E-state index >= 15 is 0 Å².